The second-order valence-corrected chi connectivity index (χ2v) is 8.39. The Morgan fingerprint density at radius 2 is 1.62 bits per heavy atom. The molecule has 0 aliphatic heterocycles. The average Bonchev–Trinajstić information content (AvgIpc) is 2.59. The summed E-state index contributed by atoms with van der Waals surface area (Å²) in [5.41, 5.74) is 0.534. The van der Waals surface area contributed by atoms with Crippen molar-refractivity contribution in [1.82, 2.24) is 10.6 Å². The lowest BCUT2D eigenvalue weighted by Crippen LogP contribution is -2.61. The third-order valence-corrected chi connectivity index (χ3v) is 6.28. The molecule has 4 aliphatic rings. The molecule has 0 spiro atoms. The predicted molar refractivity (Wildman–Crippen MR) is 99.0 cm³/mol. The lowest BCUT2D eigenvalue weighted by Gasteiger charge is -2.56. The van der Waals surface area contributed by atoms with Gasteiger partial charge in [-0.15, -0.1) is 0 Å². The van der Waals surface area contributed by atoms with Crippen molar-refractivity contribution in [3.8, 4) is 5.75 Å². The van der Waals surface area contributed by atoms with Gasteiger partial charge in [-0.25, -0.2) is 0 Å². The van der Waals surface area contributed by atoms with Crippen molar-refractivity contribution in [3.05, 3.63) is 29.8 Å². The van der Waals surface area contributed by atoms with Crippen molar-refractivity contribution in [3.63, 3.8) is 0 Å². The van der Waals surface area contributed by atoms with Gasteiger partial charge in [0, 0.05) is 11.1 Å². The molecule has 1 aromatic carbocycles. The fraction of sp³-hybridized carbons (Fsp3) is 0.619. The maximum absolute atomic E-state index is 12.5. The van der Waals surface area contributed by atoms with Gasteiger partial charge in [-0.05, 0) is 87.5 Å². The maximum atomic E-state index is 12.5. The van der Waals surface area contributed by atoms with Crippen LogP contribution in [0.5, 0.6) is 5.75 Å². The average molecular weight is 356 g/mol. The minimum absolute atomic E-state index is 0.00427. The van der Waals surface area contributed by atoms with Crippen LogP contribution in [0.25, 0.3) is 0 Å². The largest absolute Gasteiger partial charge is 0.494 e. The first-order chi connectivity index (χ1) is 12.5. The second-order valence-electron chi connectivity index (χ2n) is 8.39. The quantitative estimate of drug-likeness (QED) is 0.824. The van der Waals surface area contributed by atoms with Crippen LogP contribution < -0.4 is 15.4 Å². The molecular formula is C21H28N2O3. The molecular weight excluding hydrogens is 328 g/mol. The normalized spacial score (nSPS) is 31.5. The van der Waals surface area contributed by atoms with E-state index in [1.165, 1.54) is 19.3 Å². The molecule has 4 bridgehead atoms. The molecule has 26 heavy (non-hydrogen) atoms. The van der Waals surface area contributed by atoms with Gasteiger partial charge in [-0.3, -0.25) is 9.59 Å². The fourth-order valence-electron chi connectivity index (χ4n) is 5.74. The molecule has 5 heteroatoms. The highest BCUT2D eigenvalue weighted by Crippen LogP contribution is 2.55. The van der Waals surface area contributed by atoms with Crippen LogP contribution in [0.2, 0.25) is 0 Å². The van der Waals surface area contributed by atoms with E-state index in [9.17, 15) is 9.59 Å². The Bertz CT molecular complexity index is 648. The predicted octanol–water partition coefficient (Wildman–Crippen LogP) is 2.90. The topological polar surface area (TPSA) is 67.4 Å². The third kappa shape index (κ3) is 3.57. The smallest absolute Gasteiger partial charge is 0.251 e. The van der Waals surface area contributed by atoms with Gasteiger partial charge in [0.1, 0.15) is 5.75 Å². The molecule has 2 amide bonds. The van der Waals surface area contributed by atoms with Crippen LogP contribution in [-0.4, -0.2) is 30.5 Å². The Balaban J connectivity index is 1.29. The standard InChI is InChI=1S/C21H28N2O3/c1-2-26-18-5-3-17(4-6-18)20(25)22-13-19(24)23-21-10-14-7-15(11-21)9-16(8-14)12-21/h3-6,14-16H,2,7-13H2,1H3,(H,22,25)(H,23,24). The van der Waals surface area contributed by atoms with Crippen LogP contribution in [0.4, 0.5) is 0 Å². The highest BCUT2D eigenvalue weighted by molar-refractivity contribution is 5.96. The number of carbonyl (C=O) groups is 2. The van der Waals surface area contributed by atoms with Crippen LogP contribution in [0.3, 0.4) is 0 Å². The minimum Gasteiger partial charge on any atom is -0.494 e. The van der Waals surface area contributed by atoms with E-state index >= 15 is 0 Å². The molecule has 0 unspecified atom stereocenters. The summed E-state index contributed by atoms with van der Waals surface area (Å²) in [5.74, 6) is 2.82. The van der Waals surface area contributed by atoms with Crippen molar-refractivity contribution in [1.29, 1.82) is 0 Å². The van der Waals surface area contributed by atoms with Gasteiger partial charge < -0.3 is 15.4 Å². The van der Waals surface area contributed by atoms with Gasteiger partial charge in [-0.1, -0.05) is 0 Å². The number of carbonyl (C=O) groups excluding carboxylic acids is 2. The van der Waals surface area contributed by atoms with Crippen molar-refractivity contribution in [2.24, 2.45) is 17.8 Å². The highest BCUT2D eigenvalue weighted by atomic mass is 16.5. The number of amides is 2. The van der Waals surface area contributed by atoms with Gasteiger partial charge in [0.25, 0.3) is 5.91 Å². The number of benzene rings is 1. The highest BCUT2D eigenvalue weighted by Gasteiger charge is 2.51. The minimum atomic E-state index is -0.228. The third-order valence-electron chi connectivity index (χ3n) is 6.28. The van der Waals surface area contributed by atoms with E-state index in [1.807, 2.05) is 6.92 Å². The Morgan fingerprint density at radius 1 is 1.04 bits per heavy atom. The van der Waals surface area contributed by atoms with Crippen LogP contribution >= 0.6 is 0 Å². The lowest BCUT2D eigenvalue weighted by molar-refractivity contribution is -0.125. The summed E-state index contributed by atoms with van der Waals surface area (Å²) in [4.78, 5) is 24.7. The van der Waals surface area contributed by atoms with E-state index in [2.05, 4.69) is 10.6 Å². The number of hydrogen-bond donors (Lipinski definition) is 2. The molecule has 0 heterocycles. The van der Waals surface area contributed by atoms with Crippen LogP contribution in [0.1, 0.15) is 55.8 Å². The summed E-state index contributed by atoms with van der Waals surface area (Å²) in [6.07, 6.45) is 7.42. The Labute approximate surface area is 154 Å². The van der Waals surface area contributed by atoms with Crippen molar-refractivity contribution < 1.29 is 14.3 Å². The van der Waals surface area contributed by atoms with Crippen molar-refractivity contribution in [2.75, 3.05) is 13.2 Å². The first-order valence-electron chi connectivity index (χ1n) is 9.87. The number of hydrogen-bond acceptors (Lipinski definition) is 3. The number of rotatable bonds is 6. The Kier molecular flexibility index (Phi) is 4.63. The van der Waals surface area contributed by atoms with Crippen LogP contribution in [-0.2, 0) is 4.79 Å². The van der Waals surface area contributed by atoms with Crippen LogP contribution in [0, 0.1) is 17.8 Å². The molecule has 4 aliphatic carbocycles. The van der Waals surface area contributed by atoms with E-state index in [-0.39, 0.29) is 23.9 Å². The summed E-state index contributed by atoms with van der Waals surface area (Å²) in [6.45, 7) is 2.55. The summed E-state index contributed by atoms with van der Waals surface area (Å²) in [6, 6.07) is 6.98. The van der Waals surface area contributed by atoms with Gasteiger partial charge in [0.2, 0.25) is 5.91 Å². The molecule has 0 atom stereocenters. The van der Waals surface area contributed by atoms with Crippen molar-refractivity contribution in [2.45, 2.75) is 51.0 Å². The molecule has 5 nitrogen and oxygen atoms in total. The monoisotopic (exact) mass is 356 g/mol. The molecule has 0 radical (unpaired) electrons. The van der Waals surface area contributed by atoms with Gasteiger partial charge in [0.15, 0.2) is 0 Å². The van der Waals surface area contributed by atoms with Gasteiger partial charge in [-0.2, -0.15) is 0 Å². The first kappa shape index (κ1) is 17.4. The summed E-state index contributed by atoms with van der Waals surface area (Å²) >= 11 is 0. The summed E-state index contributed by atoms with van der Waals surface area (Å²) in [7, 11) is 0. The van der Waals surface area contributed by atoms with Crippen molar-refractivity contribution >= 4 is 11.8 Å². The molecule has 4 saturated carbocycles. The van der Waals surface area contributed by atoms with E-state index in [0.717, 1.165) is 42.8 Å². The van der Waals surface area contributed by atoms with Gasteiger partial charge >= 0.3 is 0 Å². The van der Waals surface area contributed by atoms with E-state index in [4.69, 9.17) is 4.74 Å². The molecule has 0 aromatic heterocycles. The Morgan fingerprint density at radius 3 is 2.15 bits per heavy atom. The lowest BCUT2D eigenvalue weighted by atomic mass is 9.53. The molecule has 4 fully saturated rings. The zero-order valence-electron chi connectivity index (χ0n) is 15.4. The van der Waals surface area contributed by atoms with E-state index in [1.54, 1.807) is 24.3 Å². The second kappa shape index (κ2) is 6.93. The fourth-order valence-corrected chi connectivity index (χ4v) is 5.74. The Hall–Kier alpha value is -2.04. The first-order valence-corrected chi connectivity index (χ1v) is 9.87. The SMILES string of the molecule is CCOc1ccc(C(=O)NCC(=O)NC23CC4CC(CC(C4)C2)C3)cc1. The van der Waals surface area contributed by atoms with Gasteiger partial charge in [0.05, 0.1) is 13.2 Å². The summed E-state index contributed by atoms with van der Waals surface area (Å²) in [5, 5.41) is 6.02. The van der Waals surface area contributed by atoms with E-state index < -0.39 is 0 Å². The molecule has 2 N–H and O–H groups in total. The molecule has 1 aromatic rings. The zero-order chi connectivity index (χ0) is 18.1. The summed E-state index contributed by atoms with van der Waals surface area (Å²) < 4.78 is 5.38. The molecule has 0 saturated heterocycles. The van der Waals surface area contributed by atoms with E-state index in [0.29, 0.717) is 12.2 Å². The number of nitrogens with one attached hydrogen (secondary N) is 2. The van der Waals surface area contributed by atoms with Crippen LogP contribution in [0.15, 0.2) is 24.3 Å². The maximum Gasteiger partial charge on any atom is 0.251 e. The number of ether oxygens (including phenoxy) is 1. The zero-order valence-corrected chi connectivity index (χ0v) is 15.4. The molecule has 5 rings (SSSR count). The molecule has 140 valence electrons.